The SMILES string of the molecule is Cc1cc(-c2ccc(Br)cc2)c2c(N=CN3CCCCC3)c(C(=O)OC(C)C)sc2n1. The van der Waals surface area contributed by atoms with Gasteiger partial charge in [-0.25, -0.2) is 14.8 Å². The maximum Gasteiger partial charge on any atom is 0.350 e. The molecule has 0 N–H and O–H groups in total. The fourth-order valence-corrected chi connectivity index (χ4v) is 5.10. The molecule has 0 atom stereocenters. The number of aryl methyl sites for hydroxylation is 1. The number of hydrogen-bond donors (Lipinski definition) is 0. The van der Waals surface area contributed by atoms with E-state index in [1.807, 2.05) is 39.2 Å². The van der Waals surface area contributed by atoms with Crippen molar-refractivity contribution in [2.75, 3.05) is 13.1 Å². The number of halogens is 1. The molecule has 31 heavy (non-hydrogen) atoms. The molecule has 0 saturated carbocycles. The highest BCUT2D eigenvalue weighted by Gasteiger charge is 2.24. The number of carbonyl (C=O) groups excluding carboxylic acids is 1. The molecule has 3 heterocycles. The number of nitrogens with zero attached hydrogens (tertiary/aromatic N) is 3. The maximum atomic E-state index is 12.9. The third-order valence-corrected chi connectivity index (χ3v) is 6.77. The topological polar surface area (TPSA) is 54.8 Å². The summed E-state index contributed by atoms with van der Waals surface area (Å²) < 4.78 is 6.56. The molecule has 0 bridgehead atoms. The molecule has 1 saturated heterocycles. The molecule has 5 nitrogen and oxygen atoms in total. The summed E-state index contributed by atoms with van der Waals surface area (Å²) in [7, 11) is 0. The summed E-state index contributed by atoms with van der Waals surface area (Å²) in [5.41, 5.74) is 3.65. The van der Waals surface area contributed by atoms with Crippen LogP contribution in [0.25, 0.3) is 21.3 Å². The molecule has 2 aromatic heterocycles. The number of piperidine rings is 1. The van der Waals surface area contributed by atoms with Crippen molar-refractivity contribution in [1.82, 2.24) is 9.88 Å². The van der Waals surface area contributed by atoms with Crippen molar-refractivity contribution in [1.29, 1.82) is 0 Å². The van der Waals surface area contributed by atoms with Crippen LogP contribution in [0.2, 0.25) is 0 Å². The van der Waals surface area contributed by atoms with E-state index in [0.29, 0.717) is 10.6 Å². The highest BCUT2D eigenvalue weighted by atomic mass is 79.9. The van der Waals surface area contributed by atoms with E-state index in [2.05, 4.69) is 39.0 Å². The summed E-state index contributed by atoms with van der Waals surface area (Å²) in [4.78, 5) is 26.1. The van der Waals surface area contributed by atoms with Crippen molar-refractivity contribution < 1.29 is 9.53 Å². The number of esters is 1. The fourth-order valence-electron chi connectivity index (χ4n) is 3.77. The van der Waals surface area contributed by atoms with Gasteiger partial charge in [-0.15, -0.1) is 11.3 Å². The van der Waals surface area contributed by atoms with Crippen LogP contribution in [-0.2, 0) is 4.74 Å². The molecule has 0 amide bonds. The quantitative estimate of drug-likeness (QED) is 0.221. The Morgan fingerprint density at radius 3 is 2.61 bits per heavy atom. The molecule has 1 aromatic carbocycles. The van der Waals surface area contributed by atoms with Gasteiger partial charge < -0.3 is 9.64 Å². The van der Waals surface area contributed by atoms with Crippen LogP contribution in [0.3, 0.4) is 0 Å². The third kappa shape index (κ3) is 4.99. The Kier molecular flexibility index (Phi) is 6.72. The van der Waals surface area contributed by atoms with E-state index >= 15 is 0 Å². The Bertz CT molecular complexity index is 1120. The van der Waals surface area contributed by atoms with Crippen LogP contribution in [0.15, 0.2) is 39.8 Å². The van der Waals surface area contributed by atoms with E-state index in [1.54, 1.807) is 0 Å². The van der Waals surface area contributed by atoms with E-state index in [-0.39, 0.29) is 12.1 Å². The first-order chi connectivity index (χ1) is 14.9. The fraction of sp³-hybridized carbons (Fsp3) is 0.375. The van der Waals surface area contributed by atoms with Crippen LogP contribution in [0.4, 0.5) is 5.69 Å². The van der Waals surface area contributed by atoms with Gasteiger partial charge in [0.1, 0.15) is 15.4 Å². The van der Waals surface area contributed by atoms with Crippen LogP contribution in [0.1, 0.15) is 48.5 Å². The zero-order valence-electron chi connectivity index (χ0n) is 18.0. The number of carbonyl (C=O) groups is 1. The molecule has 1 aliphatic heterocycles. The lowest BCUT2D eigenvalue weighted by Gasteiger charge is -2.23. The molecule has 0 aliphatic carbocycles. The van der Waals surface area contributed by atoms with E-state index in [4.69, 9.17) is 14.7 Å². The van der Waals surface area contributed by atoms with Crippen molar-refractivity contribution in [3.8, 4) is 11.1 Å². The van der Waals surface area contributed by atoms with Crippen LogP contribution >= 0.6 is 27.3 Å². The number of aliphatic imine (C=N–C) groups is 1. The molecule has 1 aliphatic rings. The van der Waals surface area contributed by atoms with Gasteiger partial charge in [0.2, 0.25) is 0 Å². The standard InChI is InChI=1S/C24H26BrN3O2S/c1-15(2)30-24(29)22-21(26-14-28-11-5-4-6-12-28)20-19(13-16(3)27-23(20)31-22)17-7-9-18(25)10-8-17/h7-10,13-15H,4-6,11-12H2,1-3H3. The molecular weight excluding hydrogens is 474 g/mol. The van der Waals surface area contributed by atoms with Crippen LogP contribution in [0.5, 0.6) is 0 Å². The van der Waals surface area contributed by atoms with E-state index in [1.165, 1.54) is 30.6 Å². The summed E-state index contributed by atoms with van der Waals surface area (Å²) in [6, 6.07) is 10.2. The van der Waals surface area contributed by atoms with Crippen molar-refractivity contribution in [3.05, 3.63) is 45.4 Å². The lowest BCUT2D eigenvalue weighted by Crippen LogP contribution is -2.28. The lowest BCUT2D eigenvalue weighted by atomic mass is 10.0. The number of aromatic nitrogens is 1. The summed E-state index contributed by atoms with van der Waals surface area (Å²) in [5.74, 6) is -0.344. The molecular formula is C24H26BrN3O2S. The Morgan fingerprint density at radius 1 is 1.23 bits per heavy atom. The van der Waals surface area contributed by atoms with Gasteiger partial charge in [0.25, 0.3) is 0 Å². The molecule has 4 rings (SSSR count). The first kappa shape index (κ1) is 22.0. The van der Waals surface area contributed by atoms with Gasteiger partial charge in [-0.2, -0.15) is 0 Å². The van der Waals surface area contributed by atoms with Gasteiger partial charge in [0.15, 0.2) is 0 Å². The average molecular weight is 500 g/mol. The van der Waals surface area contributed by atoms with Gasteiger partial charge >= 0.3 is 5.97 Å². The number of thiophene rings is 1. The summed E-state index contributed by atoms with van der Waals surface area (Å²) >= 11 is 4.87. The first-order valence-corrected chi connectivity index (χ1v) is 12.2. The molecule has 0 unspecified atom stereocenters. The van der Waals surface area contributed by atoms with Crippen molar-refractivity contribution >= 4 is 55.5 Å². The Balaban J connectivity index is 1.89. The second-order valence-corrected chi connectivity index (χ2v) is 9.99. The number of ether oxygens (including phenoxy) is 1. The highest BCUT2D eigenvalue weighted by molar-refractivity contribution is 9.10. The molecule has 162 valence electrons. The Morgan fingerprint density at radius 2 is 1.94 bits per heavy atom. The Hall–Kier alpha value is -2.25. The zero-order valence-corrected chi connectivity index (χ0v) is 20.4. The lowest BCUT2D eigenvalue weighted by molar-refractivity contribution is 0.0385. The van der Waals surface area contributed by atoms with Crippen LogP contribution in [0, 0.1) is 6.92 Å². The number of hydrogen-bond acceptors (Lipinski definition) is 5. The normalized spacial score (nSPS) is 14.7. The second kappa shape index (κ2) is 9.49. The Labute approximate surface area is 195 Å². The largest absolute Gasteiger partial charge is 0.459 e. The molecule has 0 radical (unpaired) electrons. The molecule has 0 spiro atoms. The van der Waals surface area contributed by atoms with E-state index < -0.39 is 0 Å². The maximum absolute atomic E-state index is 12.9. The predicted molar refractivity (Wildman–Crippen MR) is 132 cm³/mol. The number of benzene rings is 1. The van der Waals surface area contributed by atoms with Crippen LogP contribution in [-0.4, -0.2) is 41.4 Å². The van der Waals surface area contributed by atoms with Crippen LogP contribution < -0.4 is 0 Å². The number of pyridine rings is 1. The number of rotatable bonds is 5. The van der Waals surface area contributed by atoms with Gasteiger partial charge in [-0.3, -0.25) is 0 Å². The van der Waals surface area contributed by atoms with Gasteiger partial charge in [-0.05, 0) is 69.4 Å². The minimum absolute atomic E-state index is 0.197. The van der Waals surface area contributed by atoms with Gasteiger partial charge in [0, 0.05) is 28.6 Å². The predicted octanol–water partition coefficient (Wildman–Crippen LogP) is 6.75. The minimum Gasteiger partial charge on any atom is -0.459 e. The third-order valence-electron chi connectivity index (χ3n) is 5.19. The van der Waals surface area contributed by atoms with Crippen molar-refractivity contribution in [2.24, 2.45) is 4.99 Å². The zero-order chi connectivity index (χ0) is 22.0. The van der Waals surface area contributed by atoms with Gasteiger partial charge in [-0.1, -0.05) is 28.1 Å². The summed E-state index contributed by atoms with van der Waals surface area (Å²) in [5, 5.41) is 0.905. The average Bonchev–Trinajstić information content (AvgIpc) is 3.11. The van der Waals surface area contributed by atoms with E-state index in [0.717, 1.165) is 44.6 Å². The first-order valence-electron chi connectivity index (χ1n) is 10.6. The monoisotopic (exact) mass is 499 g/mol. The minimum atomic E-state index is -0.344. The number of fused-ring (bicyclic) bond motifs is 1. The second-order valence-electron chi connectivity index (χ2n) is 8.07. The van der Waals surface area contributed by atoms with Crippen molar-refractivity contribution in [3.63, 3.8) is 0 Å². The molecule has 7 heteroatoms. The molecule has 1 fully saturated rings. The summed E-state index contributed by atoms with van der Waals surface area (Å²) in [6.45, 7) is 7.68. The van der Waals surface area contributed by atoms with E-state index in [9.17, 15) is 4.79 Å². The smallest absolute Gasteiger partial charge is 0.350 e. The van der Waals surface area contributed by atoms with Gasteiger partial charge in [0.05, 0.1) is 12.4 Å². The molecule has 3 aromatic rings. The number of likely N-dealkylation sites (tertiary alicyclic amines) is 1. The van der Waals surface area contributed by atoms with Crippen molar-refractivity contribution in [2.45, 2.75) is 46.1 Å². The summed E-state index contributed by atoms with van der Waals surface area (Å²) in [6.07, 6.45) is 5.29. The highest BCUT2D eigenvalue weighted by Crippen LogP contribution is 2.43.